The molecule has 2 aliphatic rings. The van der Waals surface area contributed by atoms with E-state index in [-0.39, 0.29) is 0 Å². The number of hydrogen-bond acceptors (Lipinski definition) is 5. The quantitative estimate of drug-likeness (QED) is 0.359. The number of pyridine rings is 1. The second kappa shape index (κ2) is 8.09. The van der Waals surface area contributed by atoms with Gasteiger partial charge in [-0.3, -0.25) is 4.98 Å². The average Bonchev–Trinajstić information content (AvgIpc) is 3.12. The number of fused-ring (bicyclic) bond motifs is 1. The predicted molar refractivity (Wildman–Crippen MR) is 125 cm³/mol. The van der Waals surface area contributed by atoms with Gasteiger partial charge in [0.05, 0.1) is 0 Å². The number of aryl methyl sites for hydroxylation is 1. The summed E-state index contributed by atoms with van der Waals surface area (Å²) in [5.41, 5.74) is 3.97. The summed E-state index contributed by atoms with van der Waals surface area (Å²) >= 11 is 5.34. The molecule has 3 heterocycles. The molecule has 5 nitrogen and oxygen atoms in total. The second-order valence-corrected chi connectivity index (χ2v) is 10.5. The van der Waals surface area contributed by atoms with Gasteiger partial charge in [-0.05, 0) is 61.6 Å². The molecule has 2 atom stereocenters. The highest BCUT2D eigenvalue weighted by Gasteiger charge is 2.60. The summed E-state index contributed by atoms with van der Waals surface area (Å²) in [4.78, 5) is 7.13. The van der Waals surface area contributed by atoms with Gasteiger partial charge in [0, 0.05) is 42.0 Å². The molecule has 2 fully saturated rings. The molecule has 1 saturated carbocycles. The number of benzene rings is 1. The van der Waals surface area contributed by atoms with E-state index in [9.17, 15) is 0 Å². The van der Waals surface area contributed by atoms with Gasteiger partial charge in [0.25, 0.3) is 0 Å². The third kappa shape index (κ3) is 3.72. The minimum Gasteiger partial charge on any atom is -0.304 e. The van der Waals surface area contributed by atoms with Crippen molar-refractivity contribution in [2.24, 2.45) is 13.0 Å². The van der Waals surface area contributed by atoms with Crippen molar-refractivity contribution in [3.8, 4) is 11.5 Å². The standard InChI is InChI=1S/C23H26BrN5S/c1-16-5-3-10-25-20(16)21-26-27-22(28(21)2)30-12-4-11-29-14-18-13-23(18,15-29)17-6-8-19(24)9-7-17/h3,5-10,18H,4,11-15H2,1-2H3/t18-,23?/m0/s1. The molecule has 1 aliphatic carbocycles. The maximum Gasteiger partial charge on any atom is 0.191 e. The number of thioether (sulfide) groups is 1. The van der Waals surface area contributed by atoms with Crippen molar-refractivity contribution >= 4 is 27.7 Å². The van der Waals surface area contributed by atoms with E-state index in [1.807, 2.05) is 19.3 Å². The van der Waals surface area contributed by atoms with E-state index in [2.05, 4.69) is 77.8 Å². The lowest BCUT2D eigenvalue weighted by atomic mass is 9.95. The minimum absolute atomic E-state index is 0.423. The van der Waals surface area contributed by atoms with Gasteiger partial charge in [-0.25, -0.2) is 0 Å². The smallest absolute Gasteiger partial charge is 0.191 e. The average molecular weight is 484 g/mol. The Morgan fingerprint density at radius 1 is 1.20 bits per heavy atom. The number of piperidine rings is 1. The van der Waals surface area contributed by atoms with Gasteiger partial charge < -0.3 is 9.47 Å². The molecule has 7 heteroatoms. The van der Waals surface area contributed by atoms with Crippen LogP contribution in [-0.2, 0) is 12.5 Å². The van der Waals surface area contributed by atoms with Gasteiger partial charge in [0.15, 0.2) is 11.0 Å². The molecule has 1 aromatic carbocycles. The van der Waals surface area contributed by atoms with E-state index in [0.29, 0.717) is 5.41 Å². The Morgan fingerprint density at radius 3 is 2.83 bits per heavy atom. The fourth-order valence-corrected chi connectivity index (χ4v) is 5.90. The predicted octanol–water partition coefficient (Wildman–Crippen LogP) is 4.70. The molecule has 0 amide bonds. The molecule has 0 spiro atoms. The van der Waals surface area contributed by atoms with Gasteiger partial charge >= 0.3 is 0 Å². The summed E-state index contributed by atoms with van der Waals surface area (Å²) < 4.78 is 3.23. The van der Waals surface area contributed by atoms with Crippen LogP contribution in [0.15, 0.2) is 52.2 Å². The molecular weight excluding hydrogens is 458 g/mol. The molecule has 0 N–H and O–H groups in total. The molecule has 0 bridgehead atoms. The first-order chi connectivity index (χ1) is 14.6. The summed E-state index contributed by atoms with van der Waals surface area (Å²) in [7, 11) is 2.03. The van der Waals surface area contributed by atoms with Crippen molar-refractivity contribution in [3.63, 3.8) is 0 Å². The Hall–Kier alpha value is -1.70. The first-order valence-electron chi connectivity index (χ1n) is 10.5. The van der Waals surface area contributed by atoms with Crippen molar-refractivity contribution in [3.05, 3.63) is 58.2 Å². The lowest BCUT2D eigenvalue weighted by molar-refractivity contribution is 0.299. The van der Waals surface area contributed by atoms with Crippen LogP contribution in [0.4, 0.5) is 0 Å². The zero-order chi connectivity index (χ0) is 20.7. The first-order valence-corrected chi connectivity index (χ1v) is 12.3. The summed E-state index contributed by atoms with van der Waals surface area (Å²) in [6.07, 6.45) is 4.33. The zero-order valence-electron chi connectivity index (χ0n) is 17.4. The lowest BCUT2D eigenvalue weighted by Crippen LogP contribution is -2.27. The van der Waals surface area contributed by atoms with E-state index in [1.54, 1.807) is 11.8 Å². The van der Waals surface area contributed by atoms with Gasteiger partial charge in [-0.15, -0.1) is 10.2 Å². The highest BCUT2D eigenvalue weighted by atomic mass is 79.9. The Bertz CT molecular complexity index is 1050. The van der Waals surface area contributed by atoms with Crippen LogP contribution >= 0.6 is 27.7 Å². The van der Waals surface area contributed by atoms with E-state index in [0.717, 1.165) is 44.9 Å². The molecule has 0 radical (unpaired) electrons. The Labute approximate surface area is 190 Å². The molecule has 3 aromatic rings. The topological polar surface area (TPSA) is 46.8 Å². The Balaban J connectivity index is 1.13. The number of halogens is 1. The van der Waals surface area contributed by atoms with Crippen molar-refractivity contribution in [2.75, 3.05) is 25.4 Å². The van der Waals surface area contributed by atoms with Crippen LogP contribution in [0.5, 0.6) is 0 Å². The number of hydrogen-bond donors (Lipinski definition) is 0. The molecular formula is C23H26BrN5S. The highest BCUT2D eigenvalue weighted by Crippen LogP contribution is 2.59. The van der Waals surface area contributed by atoms with Gasteiger partial charge in [-0.2, -0.15) is 0 Å². The summed E-state index contributed by atoms with van der Waals surface area (Å²) in [6, 6.07) is 13.0. The molecule has 1 aliphatic heterocycles. The van der Waals surface area contributed by atoms with Crippen LogP contribution in [0, 0.1) is 12.8 Å². The third-order valence-electron chi connectivity index (χ3n) is 6.54. The minimum atomic E-state index is 0.423. The molecule has 156 valence electrons. The number of nitrogens with zero attached hydrogens (tertiary/aromatic N) is 5. The monoisotopic (exact) mass is 483 g/mol. The SMILES string of the molecule is Cc1cccnc1-c1nnc(SCCCN2C[C@@H]3CC3(c3ccc(Br)cc3)C2)n1C. The summed E-state index contributed by atoms with van der Waals surface area (Å²) in [6.45, 7) is 5.67. The number of rotatable bonds is 7. The molecule has 5 rings (SSSR count). The lowest BCUT2D eigenvalue weighted by Gasteiger charge is -2.21. The maximum atomic E-state index is 4.48. The van der Waals surface area contributed by atoms with Crippen molar-refractivity contribution in [2.45, 2.75) is 30.3 Å². The molecule has 2 aromatic heterocycles. The van der Waals surface area contributed by atoms with Gasteiger partial charge in [0.1, 0.15) is 5.69 Å². The van der Waals surface area contributed by atoms with Crippen LogP contribution in [0.3, 0.4) is 0 Å². The van der Waals surface area contributed by atoms with Crippen LogP contribution < -0.4 is 0 Å². The second-order valence-electron chi connectivity index (χ2n) is 8.54. The van der Waals surface area contributed by atoms with Gasteiger partial charge in [-0.1, -0.05) is 45.9 Å². The maximum absolute atomic E-state index is 4.48. The molecule has 1 unspecified atom stereocenters. The summed E-state index contributed by atoms with van der Waals surface area (Å²) in [5, 5.41) is 9.74. The normalized spacial score (nSPS) is 23.0. The van der Waals surface area contributed by atoms with Crippen molar-refractivity contribution in [1.82, 2.24) is 24.6 Å². The van der Waals surface area contributed by atoms with Gasteiger partial charge in [0.2, 0.25) is 0 Å². The van der Waals surface area contributed by atoms with E-state index in [4.69, 9.17) is 0 Å². The molecule has 30 heavy (non-hydrogen) atoms. The number of likely N-dealkylation sites (tertiary alicyclic amines) is 1. The number of aromatic nitrogens is 4. The van der Waals surface area contributed by atoms with Crippen molar-refractivity contribution < 1.29 is 0 Å². The highest BCUT2D eigenvalue weighted by molar-refractivity contribution is 9.10. The van der Waals surface area contributed by atoms with E-state index >= 15 is 0 Å². The van der Waals surface area contributed by atoms with Crippen LogP contribution in [0.25, 0.3) is 11.5 Å². The third-order valence-corrected chi connectivity index (χ3v) is 8.18. The Morgan fingerprint density at radius 2 is 2.03 bits per heavy atom. The fourth-order valence-electron chi connectivity index (χ4n) is 4.80. The van der Waals surface area contributed by atoms with Crippen LogP contribution in [0.2, 0.25) is 0 Å². The van der Waals surface area contributed by atoms with E-state index in [1.165, 1.54) is 31.5 Å². The molecule has 1 saturated heterocycles. The Kier molecular flexibility index (Phi) is 5.45. The van der Waals surface area contributed by atoms with Crippen LogP contribution in [-0.4, -0.2) is 50.0 Å². The first kappa shape index (κ1) is 20.2. The summed E-state index contributed by atoms with van der Waals surface area (Å²) in [5.74, 6) is 2.74. The van der Waals surface area contributed by atoms with E-state index < -0.39 is 0 Å². The zero-order valence-corrected chi connectivity index (χ0v) is 19.8. The largest absolute Gasteiger partial charge is 0.304 e. The van der Waals surface area contributed by atoms with Crippen molar-refractivity contribution in [1.29, 1.82) is 0 Å². The fraction of sp³-hybridized carbons (Fsp3) is 0.435. The van der Waals surface area contributed by atoms with Crippen LogP contribution in [0.1, 0.15) is 24.0 Å².